The fraction of sp³-hybridized carbons (Fsp3) is 0.156. The van der Waals surface area contributed by atoms with Crippen molar-refractivity contribution in [1.29, 1.82) is 0 Å². The number of allylic oxidation sites excluding steroid dienone is 1. The van der Waals surface area contributed by atoms with Gasteiger partial charge >= 0.3 is 0 Å². The van der Waals surface area contributed by atoms with Gasteiger partial charge in [0.2, 0.25) is 5.91 Å². The Morgan fingerprint density at radius 3 is 2.11 bits per heavy atom. The molecule has 38 heavy (non-hydrogen) atoms. The number of hydrogen-bond donors (Lipinski definition) is 1. The highest BCUT2D eigenvalue weighted by molar-refractivity contribution is 6.03. The van der Waals surface area contributed by atoms with Gasteiger partial charge in [0.1, 0.15) is 24.0 Å². The summed E-state index contributed by atoms with van der Waals surface area (Å²) in [5.41, 5.74) is 3.93. The van der Waals surface area contributed by atoms with Crippen LogP contribution in [0.4, 0.5) is 14.5 Å². The Hall–Kier alpha value is -4.29. The lowest BCUT2D eigenvalue weighted by Gasteiger charge is -2.47. The van der Waals surface area contributed by atoms with Crippen molar-refractivity contribution in [3.8, 4) is 5.75 Å². The Balaban J connectivity index is 1.38. The minimum absolute atomic E-state index is 0.0846. The van der Waals surface area contributed by atoms with Crippen molar-refractivity contribution in [2.75, 3.05) is 11.5 Å². The van der Waals surface area contributed by atoms with Gasteiger partial charge in [-0.25, -0.2) is 8.78 Å². The molecule has 1 N–H and O–H groups in total. The molecule has 0 unspecified atom stereocenters. The van der Waals surface area contributed by atoms with Gasteiger partial charge in [0.25, 0.3) is 0 Å². The van der Waals surface area contributed by atoms with Crippen LogP contribution in [-0.2, 0) is 11.4 Å². The van der Waals surface area contributed by atoms with Crippen molar-refractivity contribution in [2.45, 2.75) is 19.1 Å². The number of carbonyl (C=O) groups is 1. The van der Waals surface area contributed by atoms with E-state index in [1.54, 1.807) is 29.2 Å². The van der Waals surface area contributed by atoms with E-state index in [1.807, 2.05) is 60.7 Å². The van der Waals surface area contributed by atoms with Crippen LogP contribution in [0.1, 0.15) is 29.2 Å². The van der Waals surface area contributed by atoms with Gasteiger partial charge in [0, 0.05) is 5.69 Å². The van der Waals surface area contributed by atoms with Crippen LogP contribution in [0, 0.1) is 17.6 Å². The van der Waals surface area contributed by atoms with Crippen LogP contribution in [0.25, 0.3) is 5.57 Å². The lowest BCUT2D eigenvalue weighted by molar-refractivity contribution is -0.130. The average molecular weight is 512 g/mol. The lowest BCUT2D eigenvalue weighted by Crippen LogP contribution is -2.55. The van der Waals surface area contributed by atoms with Gasteiger partial charge < -0.3 is 14.7 Å². The molecule has 1 amide bonds. The summed E-state index contributed by atoms with van der Waals surface area (Å²) in [6.07, 6.45) is 2.23. The van der Waals surface area contributed by atoms with E-state index in [4.69, 9.17) is 4.74 Å². The summed E-state index contributed by atoms with van der Waals surface area (Å²) in [5, 5.41) is 9.91. The number of anilines is 1. The zero-order valence-electron chi connectivity index (χ0n) is 20.6. The van der Waals surface area contributed by atoms with Gasteiger partial charge in [-0.3, -0.25) is 4.79 Å². The topological polar surface area (TPSA) is 49.8 Å². The molecule has 2 atom stereocenters. The number of benzene rings is 4. The minimum Gasteiger partial charge on any atom is -0.489 e. The maximum absolute atomic E-state index is 13.6. The lowest BCUT2D eigenvalue weighted by atomic mass is 9.79. The predicted molar refractivity (Wildman–Crippen MR) is 143 cm³/mol. The van der Waals surface area contributed by atoms with Crippen molar-refractivity contribution in [2.24, 2.45) is 5.92 Å². The van der Waals surface area contributed by atoms with Crippen LogP contribution in [0.15, 0.2) is 109 Å². The molecule has 0 aromatic heterocycles. The molecule has 0 aliphatic carbocycles. The van der Waals surface area contributed by atoms with Crippen molar-refractivity contribution in [3.05, 3.63) is 138 Å². The third kappa shape index (κ3) is 5.50. The summed E-state index contributed by atoms with van der Waals surface area (Å²) in [5.74, 6) is -0.473. The van der Waals surface area contributed by atoms with Crippen molar-refractivity contribution in [3.63, 3.8) is 0 Å². The Kier molecular flexibility index (Phi) is 7.61. The van der Waals surface area contributed by atoms with Gasteiger partial charge in [-0.05, 0) is 77.2 Å². The van der Waals surface area contributed by atoms with Gasteiger partial charge in [-0.15, -0.1) is 0 Å². The molecule has 4 aromatic rings. The highest BCUT2D eigenvalue weighted by Gasteiger charge is 2.48. The Morgan fingerprint density at radius 1 is 0.842 bits per heavy atom. The molecule has 1 heterocycles. The number of amides is 1. The van der Waals surface area contributed by atoms with E-state index >= 15 is 0 Å². The number of rotatable bonds is 9. The third-order valence-electron chi connectivity index (χ3n) is 6.79. The fourth-order valence-electron chi connectivity index (χ4n) is 4.76. The SMILES string of the molecule is O=C1[C@H](C/C=C(/CO)c2ccc(F)cc2)[C@@H](c2ccc(OCc3ccccc3)cc2)N1c1ccc(F)cc1. The molecule has 0 radical (unpaired) electrons. The summed E-state index contributed by atoms with van der Waals surface area (Å²) in [4.78, 5) is 15.0. The monoisotopic (exact) mass is 511 g/mol. The van der Waals surface area contributed by atoms with Gasteiger partial charge in [-0.2, -0.15) is 0 Å². The van der Waals surface area contributed by atoms with Crippen LogP contribution in [0.5, 0.6) is 5.75 Å². The highest BCUT2D eigenvalue weighted by Crippen LogP contribution is 2.46. The molecular weight excluding hydrogens is 484 g/mol. The number of β-lactam (4-membered cyclic amide) rings is 1. The number of aliphatic hydroxyl groups is 1. The Bertz CT molecular complexity index is 1400. The minimum atomic E-state index is -0.377. The molecule has 0 saturated carbocycles. The first-order chi connectivity index (χ1) is 18.5. The quantitative estimate of drug-likeness (QED) is 0.254. The number of aliphatic hydroxyl groups excluding tert-OH is 1. The van der Waals surface area contributed by atoms with E-state index in [1.165, 1.54) is 24.3 Å². The highest BCUT2D eigenvalue weighted by atomic mass is 19.1. The van der Waals surface area contributed by atoms with E-state index in [-0.39, 0.29) is 36.1 Å². The molecule has 4 aromatic carbocycles. The maximum Gasteiger partial charge on any atom is 0.233 e. The molecule has 1 fully saturated rings. The number of hydrogen-bond acceptors (Lipinski definition) is 3. The van der Waals surface area contributed by atoms with Gasteiger partial charge in [0.05, 0.1) is 18.6 Å². The molecule has 4 nitrogen and oxygen atoms in total. The standard InChI is InChI=1S/C32H27F2NO3/c33-26-11-6-23(7-12-26)25(20-36)10-19-30-31(35(32(30)37)28-15-13-27(34)14-16-28)24-8-17-29(18-9-24)38-21-22-4-2-1-3-5-22/h1-18,30-31,36H,19-21H2/b25-10-/t30-,31-/m1/s1. The second-order valence-electron chi connectivity index (χ2n) is 9.21. The number of carbonyl (C=O) groups excluding carboxylic acids is 1. The number of halogens is 2. The second kappa shape index (κ2) is 11.4. The van der Waals surface area contributed by atoms with Gasteiger partial charge in [0.15, 0.2) is 0 Å². The molecule has 0 spiro atoms. The molecular formula is C32H27F2NO3. The average Bonchev–Trinajstić information content (AvgIpc) is 2.95. The number of ether oxygens (including phenoxy) is 1. The largest absolute Gasteiger partial charge is 0.489 e. The molecule has 0 bridgehead atoms. The summed E-state index contributed by atoms with van der Waals surface area (Å²) in [6.45, 7) is 0.219. The van der Waals surface area contributed by atoms with E-state index in [2.05, 4.69) is 0 Å². The van der Waals surface area contributed by atoms with Crippen LogP contribution in [-0.4, -0.2) is 17.6 Å². The van der Waals surface area contributed by atoms with Crippen LogP contribution >= 0.6 is 0 Å². The van der Waals surface area contributed by atoms with E-state index in [0.717, 1.165) is 11.1 Å². The normalized spacial score (nSPS) is 17.3. The summed E-state index contributed by atoms with van der Waals surface area (Å²) < 4.78 is 32.8. The summed E-state index contributed by atoms with van der Waals surface area (Å²) in [7, 11) is 0. The molecule has 192 valence electrons. The van der Waals surface area contributed by atoms with E-state index < -0.39 is 0 Å². The summed E-state index contributed by atoms with van der Waals surface area (Å²) >= 11 is 0. The van der Waals surface area contributed by atoms with E-state index in [9.17, 15) is 18.7 Å². The zero-order chi connectivity index (χ0) is 26.5. The molecule has 1 saturated heterocycles. The van der Waals surface area contributed by atoms with Crippen molar-refractivity contribution in [1.82, 2.24) is 0 Å². The maximum atomic E-state index is 13.6. The van der Waals surface area contributed by atoms with E-state index in [0.29, 0.717) is 35.6 Å². The zero-order valence-corrected chi connectivity index (χ0v) is 20.6. The van der Waals surface area contributed by atoms with Crippen molar-refractivity contribution >= 4 is 17.2 Å². The Morgan fingerprint density at radius 2 is 1.47 bits per heavy atom. The first-order valence-electron chi connectivity index (χ1n) is 12.4. The first-order valence-corrected chi connectivity index (χ1v) is 12.4. The van der Waals surface area contributed by atoms with Gasteiger partial charge in [-0.1, -0.05) is 60.7 Å². The molecule has 6 heteroatoms. The van der Waals surface area contributed by atoms with Crippen LogP contribution in [0.3, 0.4) is 0 Å². The number of nitrogens with zero attached hydrogens (tertiary/aromatic N) is 1. The molecule has 5 rings (SSSR count). The smallest absolute Gasteiger partial charge is 0.233 e. The van der Waals surface area contributed by atoms with Crippen LogP contribution in [0.2, 0.25) is 0 Å². The van der Waals surface area contributed by atoms with Crippen molar-refractivity contribution < 1.29 is 23.4 Å². The van der Waals surface area contributed by atoms with Crippen LogP contribution < -0.4 is 9.64 Å². The summed E-state index contributed by atoms with van der Waals surface area (Å²) in [6, 6.07) is 29.0. The third-order valence-corrected chi connectivity index (χ3v) is 6.79. The second-order valence-corrected chi connectivity index (χ2v) is 9.21. The predicted octanol–water partition coefficient (Wildman–Crippen LogP) is 6.71. The first kappa shape index (κ1) is 25.4. The molecule has 1 aliphatic rings. The fourth-order valence-corrected chi connectivity index (χ4v) is 4.76. The Labute approximate surface area is 220 Å². The molecule has 1 aliphatic heterocycles.